The molecule has 0 spiro atoms. The number of carbonyl (C=O) groups is 2. The van der Waals surface area contributed by atoms with Crippen LogP contribution in [-0.2, 0) is 11.3 Å². The third-order valence-corrected chi connectivity index (χ3v) is 5.76. The molecule has 3 heterocycles. The summed E-state index contributed by atoms with van der Waals surface area (Å²) in [6, 6.07) is 4.04. The Bertz CT molecular complexity index is 664. The molecule has 1 aromatic heterocycles. The van der Waals surface area contributed by atoms with Crippen molar-refractivity contribution in [2.75, 3.05) is 57.3 Å². The highest BCUT2D eigenvalue weighted by molar-refractivity contribution is 5.78. The predicted molar refractivity (Wildman–Crippen MR) is 114 cm³/mol. The van der Waals surface area contributed by atoms with E-state index >= 15 is 0 Å². The van der Waals surface area contributed by atoms with Crippen molar-refractivity contribution in [3.63, 3.8) is 0 Å². The molecule has 0 unspecified atom stereocenters. The molecule has 0 atom stereocenters. The molecular formula is C21H34N6O2. The summed E-state index contributed by atoms with van der Waals surface area (Å²) in [4.78, 5) is 34.9. The van der Waals surface area contributed by atoms with Gasteiger partial charge in [0.1, 0.15) is 5.82 Å². The molecule has 0 bridgehead atoms. The quantitative estimate of drug-likeness (QED) is 0.749. The van der Waals surface area contributed by atoms with Gasteiger partial charge in [-0.15, -0.1) is 0 Å². The number of carbonyl (C=O) groups excluding carboxylic acids is 2. The Morgan fingerprint density at radius 1 is 1.07 bits per heavy atom. The van der Waals surface area contributed by atoms with Crippen LogP contribution in [-0.4, -0.2) is 79.1 Å². The number of nitrogens with one attached hydrogen (secondary N) is 2. The number of amides is 3. The fourth-order valence-electron chi connectivity index (χ4n) is 3.80. The van der Waals surface area contributed by atoms with Crippen molar-refractivity contribution in [1.29, 1.82) is 0 Å². The second-order valence-corrected chi connectivity index (χ2v) is 8.07. The van der Waals surface area contributed by atoms with E-state index in [2.05, 4.69) is 38.4 Å². The number of urea groups is 1. The Balaban J connectivity index is 1.39. The maximum atomic E-state index is 12.4. The normalized spacial score (nSPS) is 18.6. The lowest BCUT2D eigenvalue weighted by Gasteiger charge is -2.34. The minimum atomic E-state index is -0.0586. The van der Waals surface area contributed by atoms with Crippen molar-refractivity contribution in [2.24, 2.45) is 5.92 Å². The molecule has 0 saturated carbocycles. The molecular weight excluding hydrogens is 368 g/mol. The molecule has 0 radical (unpaired) electrons. The zero-order valence-electron chi connectivity index (χ0n) is 17.7. The fourth-order valence-corrected chi connectivity index (χ4v) is 3.80. The predicted octanol–water partition coefficient (Wildman–Crippen LogP) is 1.28. The van der Waals surface area contributed by atoms with E-state index < -0.39 is 0 Å². The van der Waals surface area contributed by atoms with Gasteiger partial charge in [0, 0.05) is 58.6 Å². The van der Waals surface area contributed by atoms with Gasteiger partial charge in [-0.25, -0.2) is 9.78 Å². The summed E-state index contributed by atoms with van der Waals surface area (Å²) >= 11 is 0. The summed E-state index contributed by atoms with van der Waals surface area (Å²) in [5, 5.41) is 5.79. The van der Waals surface area contributed by atoms with Crippen molar-refractivity contribution in [2.45, 2.75) is 33.2 Å². The minimum Gasteiger partial charge on any atom is -0.357 e. The Hall–Kier alpha value is -2.35. The van der Waals surface area contributed by atoms with E-state index in [1.54, 1.807) is 0 Å². The molecule has 160 valence electrons. The van der Waals surface area contributed by atoms with Gasteiger partial charge in [0.2, 0.25) is 5.91 Å². The Labute approximate surface area is 173 Å². The number of anilines is 1. The van der Waals surface area contributed by atoms with E-state index in [9.17, 15) is 9.59 Å². The van der Waals surface area contributed by atoms with Crippen molar-refractivity contribution < 1.29 is 9.59 Å². The van der Waals surface area contributed by atoms with Gasteiger partial charge in [-0.05, 0) is 37.3 Å². The number of aromatic nitrogens is 1. The number of hydrogen-bond donors (Lipinski definition) is 2. The first-order chi connectivity index (χ1) is 14.0. The third-order valence-electron chi connectivity index (χ3n) is 5.76. The highest BCUT2D eigenvalue weighted by Crippen LogP contribution is 2.21. The maximum absolute atomic E-state index is 12.4. The molecule has 2 N–H and O–H groups in total. The summed E-state index contributed by atoms with van der Waals surface area (Å²) < 4.78 is 0. The van der Waals surface area contributed by atoms with Crippen LogP contribution in [0, 0.1) is 5.92 Å². The number of piperazine rings is 1. The zero-order valence-corrected chi connectivity index (χ0v) is 17.7. The van der Waals surface area contributed by atoms with Crippen LogP contribution in [0.3, 0.4) is 0 Å². The van der Waals surface area contributed by atoms with Gasteiger partial charge in [-0.3, -0.25) is 9.69 Å². The van der Waals surface area contributed by atoms with Crippen LogP contribution in [0.4, 0.5) is 10.6 Å². The second-order valence-electron chi connectivity index (χ2n) is 8.07. The number of nitrogens with zero attached hydrogens (tertiary/aromatic N) is 4. The standard InChI is InChI=1S/C21H34N6O2/c1-3-22-20(28)16-25-10-12-27(13-11-25)21(29)24-15-18-4-5-19(23-14-18)26-8-6-17(2)7-9-26/h4-5,14,17H,3,6-13,15-16H2,1-2H3,(H,22,28)(H,24,29). The van der Waals surface area contributed by atoms with Gasteiger partial charge in [0.15, 0.2) is 0 Å². The molecule has 0 aromatic carbocycles. The van der Waals surface area contributed by atoms with E-state index in [1.165, 1.54) is 12.8 Å². The average Bonchev–Trinajstić information content (AvgIpc) is 2.74. The molecule has 8 nitrogen and oxygen atoms in total. The summed E-state index contributed by atoms with van der Waals surface area (Å²) in [7, 11) is 0. The lowest BCUT2D eigenvalue weighted by atomic mass is 9.99. The minimum absolute atomic E-state index is 0.0420. The number of hydrogen-bond acceptors (Lipinski definition) is 5. The van der Waals surface area contributed by atoms with Crippen molar-refractivity contribution in [3.05, 3.63) is 23.9 Å². The van der Waals surface area contributed by atoms with Gasteiger partial charge in [-0.2, -0.15) is 0 Å². The van der Waals surface area contributed by atoms with Gasteiger partial charge in [-0.1, -0.05) is 13.0 Å². The first-order valence-electron chi connectivity index (χ1n) is 10.8. The third kappa shape index (κ3) is 6.32. The highest BCUT2D eigenvalue weighted by Gasteiger charge is 2.22. The van der Waals surface area contributed by atoms with Gasteiger partial charge in [0.25, 0.3) is 0 Å². The van der Waals surface area contributed by atoms with Crippen LogP contribution in [0.2, 0.25) is 0 Å². The molecule has 8 heteroatoms. The number of rotatable bonds is 6. The summed E-state index contributed by atoms with van der Waals surface area (Å²) in [5.41, 5.74) is 1.00. The monoisotopic (exact) mass is 402 g/mol. The summed E-state index contributed by atoms with van der Waals surface area (Å²) in [5.74, 6) is 1.87. The van der Waals surface area contributed by atoms with E-state index in [4.69, 9.17) is 0 Å². The highest BCUT2D eigenvalue weighted by atomic mass is 16.2. The molecule has 3 amide bonds. The van der Waals surface area contributed by atoms with Crippen LogP contribution in [0.15, 0.2) is 18.3 Å². The van der Waals surface area contributed by atoms with Crippen LogP contribution in [0.25, 0.3) is 0 Å². The van der Waals surface area contributed by atoms with Crippen LogP contribution >= 0.6 is 0 Å². The number of pyridine rings is 1. The van der Waals surface area contributed by atoms with Crippen molar-refractivity contribution in [1.82, 2.24) is 25.4 Å². The van der Waals surface area contributed by atoms with Crippen LogP contribution in [0.5, 0.6) is 0 Å². The van der Waals surface area contributed by atoms with E-state index in [1.807, 2.05) is 24.1 Å². The van der Waals surface area contributed by atoms with E-state index in [0.29, 0.717) is 32.7 Å². The second kappa shape index (κ2) is 10.4. The molecule has 1 aromatic rings. The summed E-state index contributed by atoms with van der Waals surface area (Å²) in [6.07, 6.45) is 4.30. The summed E-state index contributed by atoms with van der Waals surface area (Å²) in [6.45, 7) is 10.6. The molecule has 2 fully saturated rings. The number of likely N-dealkylation sites (N-methyl/N-ethyl adjacent to an activating group) is 1. The van der Waals surface area contributed by atoms with Crippen molar-refractivity contribution >= 4 is 17.8 Å². The Morgan fingerprint density at radius 2 is 1.79 bits per heavy atom. The molecule has 2 saturated heterocycles. The van der Waals surface area contributed by atoms with Gasteiger partial charge < -0.3 is 20.4 Å². The first-order valence-corrected chi connectivity index (χ1v) is 10.8. The molecule has 29 heavy (non-hydrogen) atoms. The Morgan fingerprint density at radius 3 is 2.41 bits per heavy atom. The lowest BCUT2D eigenvalue weighted by Crippen LogP contribution is -2.53. The molecule has 3 rings (SSSR count). The SMILES string of the molecule is CCNC(=O)CN1CCN(C(=O)NCc2ccc(N3CCC(C)CC3)nc2)CC1. The number of piperidine rings is 1. The molecule has 2 aliphatic rings. The first kappa shape index (κ1) is 21.4. The van der Waals surface area contributed by atoms with Crippen molar-refractivity contribution in [3.8, 4) is 0 Å². The Kier molecular flexibility index (Phi) is 7.69. The lowest BCUT2D eigenvalue weighted by molar-refractivity contribution is -0.122. The molecule has 0 aliphatic carbocycles. The smallest absolute Gasteiger partial charge is 0.317 e. The van der Waals surface area contributed by atoms with Gasteiger partial charge in [0.05, 0.1) is 6.54 Å². The van der Waals surface area contributed by atoms with Crippen LogP contribution < -0.4 is 15.5 Å². The van der Waals surface area contributed by atoms with E-state index in [-0.39, 0.29) is 11.9 Å². The fraction of sp³-hybridized carbons (Fsp3) is 0.667. The molecule has 2 aliphatic heterocycles. The topological polar surface area (TPSA) is 80.8 Å². The average molecular weight is 403 g/mol. The zero-order chi connectivity index (χ0) is 20.6. The van der Waals surface area contributed by atoms with E-state index in [0.717, 1.165) is 43.5 Å². The van der Waals surface area contributed by atoms with Crippen LogP contribution in [0.1, 0.15) is 32.3 Å². The largest absolute Gasteiger partial charge is 0.357 e. The van der Waals surface area contributed by atoms with Gasteiger partial charge >= 0.3 is 6.03 Å². The maximum Gasteiger partial charge on any atom is 0.317 e.